The lowest BCUT2D eigenvalue weighted by molar-refractivity contribution is -0.124. The van der Waals surface area contributed by atoms with E-state index in [0.717, 1.165) is 30.7 Å². The van der Waals surface area contributed by atoms with E-state index in [1.807, 2.05) is 0 Å². The molecule has 96 valence electrons. The largest absolute Gasteiger partial charge is 0.300 e. The van der Waals surface area contributed by atoms with Crippen molar-refractivity contribution in [2.45, 2.75) is 76.9 Å². The molecule has 0 spiro atoms. The average Bonchev–Trinajstić information content (AvgIpc) is 2.77. The molecule has 5 atom stereocenters. The molecule has 1 saturated carbocycles. The predicted molar refractivity (Wildman–Crippen MR) is 68.9 cm³/mol. The third kappa shape index (κ3) is 1.85. The minimum absolute atomic E-state index is 0.520. The van der Waals surface area contributed by atoms with Gasteiger partial charge in [-0.05, 0) is 37.5 Å². The highest BCUT2D eigenvalue weighted by molar-refractivity contribution is 5.81. The number of rotatable bonds is 2. The first-order valence-corrected chi connectivity index (χ1v) is 7.49. The van der Waals surface area contributed by atoms with Crippen molar-refractivity contribution < 1.29 is 4.79 Å². The van der Waals surface area contributed by atoms with Crippen LogP contribution in [0.3, 0.4) is 0 Å². The Morgan fingerprint density at radius 3 is 2.29 bits per heavy atom. The van der Waals surface area contributed by atoms with Crippen molar-refractivity contribution in [3.8, 4) is 0 Å². The van der Waals surface area contributed by atoms with Crippen molar-refractivity contribution in [3.05, 3.63) is 0 Å². The van der Waals surface area contributed by atoms with Crippen molar-refractivity contribution >= 4 is 5.78 Å². The highest BCUT2D eigenvalue weighted by Crippen LogP contribution is 2.44. The first-order valence-electron chi connectivity index (χ1n) is 7.49. The number of Topliss-reactive ketones (excluding diaryl/α,β-unsaturated/α-hetero) is 1. The summed E-state index contributed by atoms with van der Waals surface area (Å²) >= 11 is 0. The zero-order valence-electron chi connectivity index (χ0n) is 11.2. The van der Waals surface area contributed by atoms with E-state index >= 15 is 0 Å². The summed E-state index contributed by atoms with van der Waals surface area (Å²) in [6.07, 6.45) is 8.35. The van der Waals surface area contributed by atoms with Crippen LogP contribution in [0.15, 0.2) is 0 Å². The van der Waals surface area contributed by atoms with Gasteiger partial charge in [0.25, 0.3) is 0 Å². The number of ketones is 1. The van der Waals surface area contributed by atoms with Crippen molar-refractivity contribution in [2.75, 3.05) is 0 Å². The fraction of sp³-hybridized carbons (Fsp3) is 0.933. The third-order valence-corrected chi connectivity index (χ3v) is 5.69. The van der Waals surface area contributed by atoms with Gasteiger partial charge in [0.05, 0.1) is 0 Å². The molecule has 3 aliphatic rings. The van der Waals surface area contributed by atoms with E-state index in [1.165, 1.54) is 32.1 Å². The maximum Gasteiger partial charge on any atom is 0.136 e. The summed E-state index contributed by atoms with van der Waals surface area (Å²) in [5.74, 6) is 2.29. The van der Waals surface area contributed by atoms with Crippen LogP contribution in [0.25, 0.3) is 0 Å². The molecule has 2 nitrogen and oxygen atoms in total. The van der Waals surface area contributed by atoms with Crippen LogP contribution in [0.4, 0.5) is 0 Å². The molecule has 3 fully saturated rings. The van der Waals surface area contributed by atoms with Gasteiger partial charge in [-0.3, -0.25) is 9.69 Å². The second kappa shape index (κ2) is 4.38. The SMILES string of the molecule is CCC1CCC(N2C3CCC2CC(=O)C3)C1C. The number of fused-ring (bicyclic) bond motifs is 2. The van der Waals surface area contributed by atoms with Crippen molar-refractivity contribution in [1.29, 1.82) is 0 Å². The molecule has 0 N–H and O–H groups in total. The number of hydrogen-bond donors (Lipinski definition) is 0. The lowest BCUT2D eigenvalue weighted by atomic mass is 9.90. The third-order valence-electron chi connectivity index (χ3n) is 5.69. The molecule has 2 saturated heterocycles. The van der Waals surface area contributed by atoms with E-state index in [2.05, 4.69) is 18.7 Å². The monoisotopic (exact) mass is 235 g/mol. The van der Waals surface area contributed by atoms with Gasteiger partial charge in [-0.1, -0.05) is 20.3 Å². The van der Waals surface area contributed by atoms with Gasteiger partial charge in [0.1, 0.15) is 5.78 Å². The standard InChI is InChI=1S/C15H25NO/c1-3-11-4-7-15(10(11)2)16-12-5-6-13(16)9-14(17)8-12/h10-13,15H,3-9H2,1-2H3. The van der Waals surface area contributed by atoms with Crippen molar-refractivity contribution in [2.24, 2.45) is 11.8 Å². The fourth-order valence-electron chi connectivity index (χ4n) is 4.77. The van der Waals surface area contributed by atoms with Gasteiger partial charge in [-0.15, -0.1) is 0 Å². The van der Waals surface area contributed by atoms with Crippen LogP contribution >= 0.6 is 0 Å². The maximum absolute atomic E-state index is 11.7. The Balaban J connectivity index is 1.75. The summed E-state index contributed by atoms with van der Waals surface area (Å²) in [5.41, 5.74) is 0. The normalized spacial score (nSPS) is 46.7. The summed E-state index contributed by atoms with van der Waals surface area (Å²) in [5, 5.41) is 0. The minimum Gasteiger partial charge on any atom is -0.300 e. The van der Waals surface area contributed by atoms with Gasteiger partial charge in [-0.2, -0.15) is 0 Å². The Labute approximate surface area is 105 Å². The van der Waals surface area contributed by atoms with E-state index in [-0.39, 0.29) is 0 Å². The highest BCUT2D eigenvalue weighted by atomic mass is 16.1. The molecule has 2 bridgehead atoms. The summed E-state index contributed by atoms with van der Waals surface area (Å²) in [6, 6.07) is 1.99. The van der Waals surface area contributed by atoms with Gasteiger partial charge in [0.15, 0.2) is 0 Å². The predicted octanol–water partition coefficient (Wildman–Crippen LogP) is 3.01. The van der Waals surface area contributed by atoms with Crippen LogP contribution in [0.2, 0.25) is 0 Å². The molecule has 2 heterocycles. The number of hydrogen-bond acceptors (Lipinski definition) is 2. The zero-order valence-corrected chi connectivity index (χ0v) is 11.2. The smallest absolute Gasteiger partial charge is 0.136 e. The van der Waals surface area contributed by atoms with Crippen LogP contribution in [-0.2, 0) is 4.79 Å². The molecule has 2 heteroatoms. The van der Waals surface area contributed by atoms with E-state index in [4.69, 9.17) is 0 Å². The van der Waals surface area contributed by atoms with Gasteiger partial charge >= 0.3 is 0 Å². The summed E-state index contributed by atoms with van der Waals surface area (Å²) in [7, 11) is 0. The Hall–Kier alpha value is -0.370. The number of piperidine rings is 1. The summed E-state index contributed by atoms with van der Waals surface area (Å²) in [4.78, 5) is 14.4. The van der Waals surface area contributed by atoms with Crippen LogP contribution in [-0.4, -0.2) is 28.8 Å². The molecule has 5 unspecified atom stereocenters. The van der Waals surface area contributed by atoms with E-state index in [9.17, 15) is 4.79 Å². The van der Waals surface area contributed by atoms with Gasteiger partial charge in [0, 0.05) is 31.0 Å². The number of carbonyl (C=O) groups is 1. The van der Waals surface area contributed by atoms with Gasteiger partial charge < -0.3 is 0 Å². The lowest BCUT2D eigenvalue weighted by Gasteiger charge is -2.41. The Morgan fingerprint density at radius 1 is 1.12 bits per heavy atom. The first-order chi connectivity index (χ1) is 8.20. The topological polar surface area (TPSA) is 20.3 Å². The van der Waals surface area contributed by atoms with Crippen LogP contribution in [0, 0.1) is 11.8 Å². The Morgan fingerprint density at radius 2 is 1.76 bits per heavy atom. The summed E-state index contributed by atoms with van der Waals surface area (Å²) in [6.45, 7) is 4.78. The fourth-order valence-corrected chi connectivity index (χ4v) is 4.77. The molecule has 3 rings (SSSR count). The highest BCUT2D eigenvalue weighted by Gasteiger charge is 2.47. The maximum atomic E-state index is 11.7. The Bertz CT molecular complexity index is 298. The van der Waals surface area contributed by atoms with Gasteiger partial charge in [0.2, 0.25) is 0 Å². The molecule has 0 aromatic carbocycles. The molecular formula is C15H25NO. The van der Waals surface area contributed by atoms with Gasteiger partial charge in [-0.25, -0.2) is 0 Å². The second-order valence-electron chi connectivity index (χ2n) is 6.45. The average molecular weight is 235 g/mol. The van der Waals surface area contributed by atoms with Crippen molar-refractivity contribution in [1.82, 2.24) is 4.90 Å². The molecular weight excluding hydrogens is 210 g/mol. The molecule has 1 aliphatic carbocycles. The molecule has 0 aromatic heterocycles. The molecule has 17 heavy (non-hydrogen) atoms. The molecule has 0 aromatic rings. The van der Waals surface area contributed by atoms with E-state index in [0.29, 0.717) is 17.9 Å². The minimum atomic E-state index is 0.520. The Kier molecular flexibility index (Phi) is 3.02. The second-order valence-corrected chi connectivity index (χ2v) is 6.45. The lowest BCUT2D eigenvalue weighted by Crippen LogP contribution is -2.50. The van der Waals surface area contributed by atoms with Crippen LogP contribution in [0.1, 0.15) is 58.8 Å². The van der Waals surface area contributed by atoms with E-state index in [1.54, 1.807) is 0 Å². The molecule has 0 radical (unpaired) electrons. The number of carbonyl (C=O) groups excluding carboxylic acids is 1. The first kappa shape index (κ1) is 11.7. The quantitative estimate of drug-likeness (QED) is 0.733. The molecule has 0 amide bonds. The van der Waals surface area contributed by atoms with E-state index < -0.39 is 0 Å². The van der Waals surface area contributed by atoms with Crippen LogP contribution < -0.4 is 0 Å². The summed E-state index contributed by atoms with van der Waals surface area (Å²) < 4.78 is 0. The molecule has 2 aliphatic heterocycles. The number of nitrogens with zero attached hydrogens (tertiary/aromatic N) is 1. The van der Waals surface area contributed by atoms with Crippen LogP contribution in [0.5, 0.6) is 0 Å². The van der Waals surface area contributed by atoms with Crippen molar-refractivity contribution in [3.63, 3.8) is 0 Å². The zero-order chi connectivity index (χ0) is 12.0.